The fraction of sp³-hybridized carbons (Fsp3) is 0.278. The van der Waals surface area contributed by atoms with Gasteiger partial charge in [-0.3, -0.25) is 4.79 Å². The van der Waals surface area contributed by atoms with Gasteiger partial charge in [-0.15, -0.1) is 0 Å². The van der Waals surface area contributed by atoms with E-state index in [1.54, 1.807) is 6.07 Å². The van der Waals surface area contributed by atoms with Gasteiger partial charge in [-0.2, -0.15) is 4.31 Å². The summed E-state index contributed by atoms with van der Waals surface area (Å²) < 4.78 is 58.0. The van der Waals surface area contributed by atoms with Gasteiger partial charge in [0.2, 0.25) is 10.0 Å². The maximum atomic E-state index is 13.6. The molecular formula is C18H17F2NO4S. The Morgan fingerprint density at radius 2 is 1.62 bits per heavy atom. The summed E-state index contributed by atoms with van der Waals surface area (Å²) in [4.78, 5) is 12.2. The van der Waals surface area contributed by atoms with E-state index in [4.69, 9.17) is 4.74 Å². The highest BCUT2D eigenvalue weighted by atomic mass is 32.2. The number of carbonyl (C=O) groups is 1. The summed E-state index contributed by atoms with van der Waals surface area (Å²) >= 11 is 0. The van der Waals surface area contributed by atoms with Crippen molar-refractivity contribution >= 4 is 16.0 Å². The van der Waals surface area contributed by atoms with Crippen molar-refractivity contribution in [2.75, 3.05) is 13.1 Å². The quantitative estimate of drug-likeness (QED) is 0.603. The summed E-state index contributed by atoms with van der Waals surface area (Å²) in [5.41, 5.74) is 0. The van der Waals surface area contributed by atoms with E-state index in [0.717, 1.165) is 12.1 Å². The molecule has 0 saturated carbocycles. The first-order valence-corrected chi connectivity index (χ1v) is 9.54. The van der Waals surface area contributed by atoms with E-state index in [-0.39, 0.29) is 36.6 Å². The molecule has 26 heavy (non-hydrogen) atoms. The Hall–Kier alpha value is -2.32. The van der Waals surface area contributed by atoms with Crippen LogP contribution in [0.15, 0.2) is 53.4 Å². The number of para-hydroxylation sites is 1. The van der Waals surface area contributed by atoms with Crippen LogP contribution in [0.25, 0.3) is 0 Å². The predicted molar refractivity (Wildman–Crippen MR) is 89.9 cm³/mol. The molecule has 0 amide bonds. The van der Waals surface area contributed by atoms with Crippen molar-refractivity contribution in [1.82, 2.24) is 4.31 Å². The molecule has 2 aromatic rings. The van der Waals surface area contributed by atoms with Gasteiger partial charge in [-0.1, -0.05) is 12.1 Å². The molecule has 5 nitrogen and oxygen atoms in total. The zero-order valence-electron chi connectivity index (χ0n) is 13.8. The Bertz CT molecular complexity index is 892. The molecule has 1 fully saturated rings. The van der Waals surface area contributed by atoms with Crippen LogP contribution in [-0.2, 0) is 14.8 Å². The molecular weight excluding hydrogens is 364 g/mol. The summed E-state index contributed by atoms with van der Waals surface area (Å²) in [6.45, 7) is 0.271. The van der Waals surface area contributed by atoms with Gasteiger partial charge in [0, 0.05) is 13.1 Å². The minimum absolute atomic E-state index is 0.00582. The highest BCUT2D eigenvalue weighted by molar-refractivity contribution is 7.89. The number of hydrogen-bond acceptors (Lipinski definition) is 4. The smallest absolute Gasteiger partial charge is 0.314 e. The van der Waals surface area contributed by atoms with E-state index in [1.165, 1.54) is 34.6 Å². The predicted octanol–water partition coefficient (Wildman–Crippen LogP) is 2.97. The fourth-order valence-corrected chi connectivity index (χ4v) is 4.28. The number of rotatable bonds is 4. The molecule has 0 spiro atoms. The second-order valence-electron chi connectivity index (χ2n) is 5.98. The summed E-state index contributed by atoms with van der Waals surface area (Å²) in [5.74, 6) is -2.36. The SMILES string of the molecule is O=C(Oc1ccccc1F)C1CCN(S(=O)(=O)c2ccc(F)cc2)CC1. The minimum atomic E-state index is -3.74. The number of benzene rings is 2. The topological polar surface area (TPSA) is 63.7 Å². The number of esters is 1. The average Bonchev–Trinajstić information content (AvgIpc) is 2.64. The lowest BCUT2D eigenvalue weighted by Crippen LogP contribution is -2.41. The van der Waals surface area contributed by atoms with Gasteiger partial charge in [0.05, 0.1) is 10.8 Å². The number of hydrogen-bond donors (Lipinski definition) is 0. The van der Waals surface area contributed by atoms with Crippen molar-refractivity contribution in [2.24, 2.45) is 5.92 Å². The normalized spacial score (nSPS) is 16.4. The van der Waals surface area contributed by atoms with Crippen LogP contribution in [0.2, 0.25) is 0 Å². The van der Waals surface area contributed by atoms with Crippen LogP contribution in [0.5, 0.6) is 5.75 Å². The molecule has 3 rings (SSSR count). The Balaban J connectivity index is 1.62. The van der Waals surface area contributed by atoms with Crippen LogP contribution < -0.4 is 4.74 Å². The third-order valence-electron chi connectivity index (χ3n) is 4.29. The Kier molecular flexibility index (Phi) is 5.33. The molecule has 8 heteroatoms. The second kappa shape index (κ2) is 7.51. The zero-order valence-corrected chi connectivity index (χ0v) is 14.6. The maximum Gasteiger partial charge on any atom is 0.314 e. The van der Waals surface area contributed by atoms with Crippen LogP contribution in [0, 0.1) is 17.6 Å². The van der Waals surface area contributed by atoms with Crippen molar-refractivity contribution in [3.05, 3.63) is 60.2 Å². The lowest BCUT2D eigenvalue weighted by Gasteiger charge is -2.30. The van der Waals surface area contributed by atoms with Gasteiger partial charge in [0.15, 0.2) is 11.6 Å². The van der Waals surface area contributed by atoms with Crippen LogP contribution in [0.3, 0.4) is 0 Å². The summed E-state index contributed by atoms with van der Waals surface area (Å²) in [6.07, 6.45) is 0.543. The Morgan fingerprint density at radius 3 is 2.23 bits per heavy atom. The minimum Gasteiger partial charge on any atom is -0.423 e. The van der Waals surface area contributed by atoms with Crippen molar-refractivity contribution < 1.29 is 26.7 Å². The number of carbonyl (C=O) groups excluding carboxylic acids is 1. The first-order chi connectivity index (χ1) is 12.4. The molecule has 1 aliphatic heterocycles. The molecule has 0 aromatic heterocycles. The highest BCUT2D eigenvalue weighted by Crippen LogP contribution is 2.26. The molecule has 2 aromatic carbocycles. The molecule has 0 N–H and O–H groups in total. The maximum absolute atomic E-state index is 13.6. The third-order valence-corrected chi connectivity index (χ3v) is 6.20. The second-order valence-corrected chi connectivity index (χ2v) is 7.92. The van der Waals surface area contributed by atoms with Crippen molar-refractivity contribution in [3.8, 4) is 5.75 Å². The first-order valence-electron chi connectivity index (χ1n) is 8.10. The molecule has 0 radical (unpaired) electrons. The number of nitrogens with zero attached hydrogens (tertiary/aromatic N) is 1. The number of piperidine rings is 1. The molecule has 0 unspecified atom stereocenters. The van der Waals surface area contributed by atoms with E-state index in [1.807, 2.05) is 0 Å². The van der Waals surface area contributed by atoms with Crippen molar-refractivity contribution in [1.29, 1.82) is 0 Å². The van der Waals surface area contributed by atoms with Crippen molar-refractivity contribution in [2.45, 2.75) is 17.7 Å². The van der Waals surface area contributed by atoms with Gasteiger partial charge < -0.3 is 4.74 Å². The number of sulfonamides is 1. The summed E-state index contributed by atoms with van der Waals surface area (Å²) in [5, 5.41) is 0. The summed E-state index contributed by atoms with van der Waals surface area (Å²) in [7, 11) is -3.74. The Morgan fingerprint density at radius 1 is 1.00 bits per heavy atom. The number of ether oxygens (including phenoxy) is 1. The monoisotopic (exact) mass is 381 g/mol. The van der Waals surface area contributed by atoms with E-state index >= 15 is 0 Å². The van der Waals surface area contributed by atoms with E-state index in [2.05, 4.69) is 0 Å². The molecule has 0 bridgehead atoms. The molecule has 0 atom stereocenters. The van der Waals surface area contributed by atoms with Gasteiger partial charge in [-0.25, -0.2) is 17.2 Å². The Labute approximate surface area is 150 Å². The number of halogens is 2. The summed E-state index contributed by atoms with van der Waals surface area (Å²) in [6, 6.07) is 10.2. The van der Waals surface area contributed by atoms with Crippen molar-refractivity contribution in [3.63, 3.8) is 0 Å². The van der Waals surface area contributed by atoms with Gasteiger partial charge in [0.25, 0.3) is 0 Å². The third kappa shape index (κ3) is 3.91. The molecule has 0 aliphatic carbocycles. The average molecular weight is 381 g/mol. The first kappa shape index (κ1) is 18.5. The van der Waals surface area contributed by atoms with Crippen LogP contribution >= 0.6 is 0 Å². The largest absolute Gasteiger partial charge is 0.423 e. The van der Waals surface area contributed by atoms with Crippen LogP contribution in [-0.4, -0.2) is 31.8 Å². The zero-order chi connectivity index (χ0) is 18.7. The fourth-order valence-electron chi connectivity index (χ4n) is 2.81. The standard InChI is InChI=1S/C18H17F2NO4S/c19-14-5-7-15(8-6-14)26(23,24)21-11-9-13(10-12-21)18(22)25-17-4-2-1-3-16(17)20/h1-8,13H,9-12H2. The molecule has 1 heterocycles. The van der Waals surface area contributed by atoms with Crippen LogP contribution in [0.1, 0.15) is 12.8 Å². The van der Waals surface area contributed by atoms with Crippen LogP contribution in [0.4, 0.5) is 8.78 Å². The molecule has 138 valence electrons. The van der Waals surface area contributed by atoms with E-state index < -0.39 is 33.5 Å². The lowest BCUT2D eigenvalue weighted by atomic mass is 9.98. The van der Waals surface area contributed by atoms with E-state index in [0.29, 0.717) is 0 Å². The highest BCUT2D eigenvalue weighted by Gasteiger charge is 2.33. The van der Waals surface area contributed by atoms with Gasteiger partial charge >= 0.3 is 5.97 Å². The molecule has 1 saturated heterocycles. The van der Waals surface area contributed by atoms with Gasteiger partial charge in [0.1, 0.15) is 5.82 Å². The lowest BCUT2D eigenvalue weighted by molar-refractivity contribution is -0.140. The molecule has 1 aliphatic rings. The van der Waals surface area contributed by atoms with Gasteiger partial charge in [-0.05, 0) is 49.2 Å². The van der Waals surface area contributed by atoms with E-state index in [9.17, 15) is 22.0 Å².